The van der Waals surface area contributed by atoms with Crippen molar-refractivity contribution in [1.29, 1.82) is 0 Å². The highest BCUT2D eigenvalue weighted by Crippen LogP contribution is 2.34. The molecule has 1 aromatic carbocycles. The minimum absolute atomic E-state index is 0.0568. The van der Waals surface area contributed by atoms with Crippen molar-refractivity contribution >= 4 is 33.2 Å². The second kappa shape index (κ2) is 4.77. The van der Waals surface area contributed by atoms with Gasteiger partial charge in [0.1, 0.15) is 5.25 Å². The van der Waals surface area contributed by atoms with E-state index in [2.05, 4.69) is 0 Å². The van der Waals surface area contributed by atoms with Gasteiger partial charge in [-0.15, -0.1) is 0 Å². The molecule has 0 radical (unpaired) electrons. The van der Waals surface area contributed by atoms with Gasteiger partial charge in [-0.1, -0.05) is 17.7 Å². The Balaban J connectivity index is 2.42. The maximum Gasteiger partial charge on any atom is 0.228 e. The van der Waals surface area contributed by atoms with Crippen LogP contribution in [0.5, 0.6) is 0 Å². The lowest BCUT2D eigenvalue weighted by Gasteiger charge is -2.21. The zero-order valence-corrected chi connectivity index (χ0v) is 12.3. The second-order valence-electron chi connectivity index (χ2n) is 4.83. The fourth-order valence-electron chi connectivity index (χ4n) is 2.36. The molecule has 1 aliphatic heterocycles. The first-order valence-corrected chi connectivity index (χ1v) is 7.77. The van der Waals surface area contributed by atoms with E-state index in [9.17, 15) is 13.2 Å². The Morgan fingerprint density at radius 3 is 2.47 bits per heavy atom. The number of nitrogens with zero attached hydrogens (tertiary/aromatic N) is 1. The monoisotopic (exact) mass is 302 g/mol. The molecule has 1 amide bonds. The number of nitrogens with two attached hydrogens (primary N) is 1. The van der Waals surface area contributed by atoms with Crippen molar-refractivity contribution in [2.75, 3.05) is 11.4 Å². The van der Waals surface area contributed by atoms with Crippen LogP contribution in [0.1, 0.15) is 17.5 Å². The predicted molar refractivity (Wildman–Crippen MR) is 74.8 cm³/mol. The van der Waals surface area contributed by atoms with E-state index in [4.69, 9.17) is 16.7 Å². The molecule has 1 fully saturated rings. The van der Waals surface area contributed by atoms with Crippen LogP contribution in [0.2, 0.25) is 5.02 Å². The molecule has 1 saturated heterocycles. The summed E-state index contributed by atoms with van der Waals surface area (Å²) in [6, 6.07) is 3.65. The molecule has 7 heteroatoms. The van der Waals surface area contributed by atoms with Gasteiger partial charge in [0, 0.05) is 13.0 Å². The van der Waals surface area contributed by atoms with Gasteiger partial charge in [-0.2, -0.15) is 0 Å². The lowest BCUT2D eigenvalue weighted by Crippen LogP contribution is -2.32. The standard InChI is InChI=1S/C12H15ClN2O3S/c1-7-3-8(2)12(10(13)4-7)15-6-9(5-11(15)16)19(14,17)18/h3-4,9H,5-6H2,1-2H3,(H2,14,17,18). The smallest absolute Gasteiger partial charge is 0.228 e. The third-order valence-corrected chi connectivity index (χ3v) is 4.76. The van der Waals surface area contributed by atoms with Gasteiger partial charge in [-0.25, -0.2) is 13.6 Å². The second-order valence-corrected chi connectivity index (χ2v) is 7.08. The number of amides is 1. The number of rotatable bonds is 2. The molecule has 0 aromatic heterocycles. The molecule has 0 saturated carbocycles. The quantitative estimate of drug-likeness (QED) is 0.895. The van der Waals surface area contributed by atoms with Crippen molar-refractivity contribution in [3.63, 3.8) is 0 Å². The van der Waals surface area contributed by atoms with E-state index in [0.29, 0.717) is 10.7 Å². The SMILES string of the molecule is Cc1cc(C)c(N2CC(S(N)(=O)=O)CC2=O)c(Cl)c1. The molecule has 2 N–H and O–H groups in total. The van der Waals surface area contributed by atoms with Crippen LogP contribution < -0.4 is 10.0 Å². The normalized spacial score (nSPS) is 20.1. The van der Waals surface area contributed by atoms with E-state index >= 15 is 0 Å². The van der Waals surface area contributed by atoms with Crippen LogP contribution in [0, 0.1) is 13.8 Å². The van der Waals surface area contributed by atoms with E-state index in [0.717, 1.165) is 11.1 Å². The summed E-state index contributed by atoms with van der Waals surface area (Å²) in [5.74, 6) is -0.270. The molecule has 0 aliphatic carbocycles. The first-order chi connectivity index (χ1) is 8.70. The number of primary sulfonamides is 1. The molecule has 2 rings (SSSR count). The van der Waals surface area contributed by atoms with Crippen molar-refractivity contribution in [3.05, 3.63) is 28.3 Å². The fourth-order valence-corrected chi connectivity index (χ4v) is 3.52. The van der Waals surface area contributed by atoms with Crippen LogP contribution in [0.4, 0.5) is 5.69 Å². The summed E-state index contributed by atoms with van der Waals surface area (Å²) in [5, 5.41) is 4.69. The van der Waals surface area contributed by atoms with E-state index in [1.54, 1.807) is 6.07 Å². The zero-order valence-electron chi connectivity index (χ0n) is 10.7. The molecule has 0 bridgehead atoms. The van der Waals surface area contributed by atoms with Crippen molar-refractivity contribution < 1.29 is 13.2 Å². The molecular formula is C12H15ClN2O3S. The first-order valence-electron chi connectivity index (χ1n) is 5.79. The number of hydrogen-bond donors (Lipinski definition) is 1. The minimum atomic E-state index is -3.72. The molecule has 1 aliphatic rings. The van der Waals surface area contributed by atoms with Crippen molar-refractivity contribution in [2.45, 2.75) is 25.5 Å². The van der Waals surface area contributed by atoms with Crippen molar-refractivity contribution in [2.24, 2.45) is 5.14 Å². The fraction of sp³-hybridized carbons (Fsp3) is 0.417. The third-order valence-electron chi connectivity index (χ3n) is 3.22. The number of carbonyl (C=O) groups excluding carboxylic acids is 1. The molecule has 1 atom stereocenters. The number of aryl methyl sites for hydroxylation is 2. The number of halogens is 1. The van der Waals surface area contributed by atoms with E-state index in [1.807, 2.05) is 19.9 Å². The number of hydrogen-bond acceptors (Lipinski definition) is 3. The Hall–Kier alpha value is -1.11. The largest absolute Gasteiger partial charge is 0.309 e. The summed E-state index contributed by atoms with van der Waals surface area (Å²) >= 11 is 6.17. The molecule has 104 valence electrons. The van der Waals surface area contributed by atoms with Gasteiger partial charge < -0.3 is 4.90 Å². The van der Waals surface area contributed by atoms with Gasteiger partial charge in [0.05, 0.1) is 10.7 Å². The molecule has 5 nitrogen and oxygen atoms in total. The Bertz CT molecular complexity index is 619. The summed E-state index contributed by atoms with van der Waals surface area (Å²) in [4.78, 5) is 13.4. The molecule has 1 aromatic rings. The highest BCUT2D eigenvalue weighted by atomic mass is 35.5. The van der Waals surface area contributed by atoms with Crippen LogP contribution in [0.25, 0.3) is 0 Å². The average Bonchev–Trinajstić information content (AvgIpc) is 2.59. The Kier molecular flexibility index (Phi) is 3.59. The van der Waals surface area contributed by atoms with E-state index in [1.165, 1.54) is 4.90 Å². The first kappa shape index (κ1) is 14.3. The van der Waals surface area contributed by atoms with E-state index < -0.39 is 15.3 Å². The summed E-state index contributed by atoms with van der Waals surface area (Å²) in [6.45, 7) is 3.80. The number of carbonyl (C=O) groups is 1. The lowest BCUT2D eigenvalue weighted by atomic mass is 10.1. The van der Waals surface area contributed by atoms with Crippen LogP contribution in [0.15, 0.2) is 12.1 Å². The number of benzene rings is 1. The summed E-state index contributed by atoms with van der Waals surface area (Å²) in [7, 11) is -3.72. The Labute approximate surface area is 117 Å². The predicted octanol–water partition coefficient (Wildman–Crippen LogP) is 1.35. The molecule has 19 heavy (non-hydrogen) atoms. The van der Waals surface area contributed by atoms with Gasteiger partial charge in [0.2, 0.25) is 15.9 Å². The zero-order chi connectivity index (χ0) is 14.4. The Morgan fingerprint density at radius 2 is 2.00 bits per heavy atom. The highest BCUT2D eigenvalue weighted by Gasteiger charge is 2.38. The van der Waals surface area contributed by atoms with Crippen LogP contribution in [0.3, 0.4) is 0 Å². The van der Waals surface area contributed by atoms with Gasteiger partial charge >= 0.3 is 0 Å². The van der Waals surface area contributed by atoms with Crippen LogP contribution in [-0.4, -0.2) is 26.1 Å². The summed E-state index contributed by atoms with van der Waals surface area (Å²) in [6.07, 6.45) is -0.0948. The number of sulfonamides is 1. The third kappa shape index (κ3) is 2.75. The molecule has 0 spiro atoms. The average molecular weight is 303 g/mol. The van der Waals surface area contributed by atoms with Crippen molar-refractivity contribution in [1.82, 2.24) is 0 Å². The lowest BCUT2D eigenvalue weighted by molar-refractivity contribution is -0.117. The van der Waals surface area contributed by atoms with Gasteiger partial charge in [-0.3, -0.25) is 4.79 Å². The Morgan fingerprint density at radius 1 is 1.37 bits per heavy atom. The van der Waals surface area contributed by atoms with E-state index in [-0.39, 0.29) is 18.9 Å². The highest BCUT2D eigenvalue weighted by molar-refractivity contribution is 7.89. The van der Waals surface area contributed by atoms with Crippen LogP contribution >= 0.6 is 11.6 Å². The molecule has 1 heterocycles. The molecular weight excluding hydrogens is 288 g/mol. The van der Waals surface area contributed by atoms with Crippen molar-refractivity contribution in [3.8, 4) is 0 Å². The minimum Gasteiger partial charge on any atom is -0.309 e. The maximum atomic E-state index is 12.0. The van der Waals surface area contributed by atoms with Gasteiger partial charge in [0.15, 0.2) is 0 Å². The molecule has 1 unspecified atom stereocenters. The summed E-state index contributed by atoms with van der Waals surface area (Å²) < 4.78 is 22.7. The summed E-state index contributed by atoms with van der Waals surface area (Å²) in [5.41, 5.74) is 2.40. The van der Waals surface area contributed by atoms with Gasteiger partial charge in [0.25, 0.3) is 0 Å². The maximum absolute atomic E-state index is 12.0. The number of anilines is 1. The van der Waals surface area contributed by atoms with Crippen LogP contribution in [-0.2, 0) is 14.8 Å². The van der Waals surface area contributed by atoms with Gasteiger partial charge in [-0.05, 0) is 31.0 Å². The topological polar surface area (TPSA) is 80.5 Å².